The summed E-state index contributed by atoms with van der Waals surface area (Å²) in [5.74, 6) is 0. The SMILES string of the molecule is CC1(C)OB(c2cc(I)ccc2Br)OC1(C)C. The summed E-state index contributed by atoms with van der Waals surface area (Å²) in [4.78, 5) is 0. The molecule has 5 heteroatoms. The summed E-state index contributed by atoms with van der Waals surface area (Å²) in [6, 6.07) is 6.17. The fourth-order valence-corrected chi connectivity index (χ4v) is 2.61. The zero-order valence-corrected chi connectivity index (χ0v) is 14.1. The molecule has 1 saturated heterocycles. The highest BCUT2D eigenvalue weighted by Gasteiger charge is 2.52. The molecule has 1 aromatic carbocycles. The van der Waals surface area contributed by atoms with Crippen LogP contribution in [0.2, 0.25) is 0 Å². The van der Waals surface area contributed by atoms with Gasteiger partial charge in [0.2, 0.25) is 0 Å². The van der Waals surface area contributed by atoms with E-state index in [1.165, 1.54) is 3.57 Å². The Labute approximate surface area is 125 Å². The van der Waals surface area contributed by atoms with Crippen LogP contribution in [0.4, 0.5) is 0 Å². The second-order valence-electron chi connectivity index (χ2n) is 5.25. The standard InChI is InChI=1S/C12H15BBrIO2/c1-11(2)12(3,4)17-13(16-11)9-7-8(15)5-6-10(9)14/h5-7H,1-4H3. The van der Waals surface area contributed by atoms with Gasteiger partial charge in [-0.15, -0.1) is 0 Å². The van der Waals surface area contributed by atoms with Crippen LogP contribution < -0.4 is 5.46 Å². The van der Waals surface area contributed by atoms with Gasteiger partial charge in [-0.25, -0.2) is 0 Å². The Morgan fingerprint density at radius 1 is 1.12 bits per heavy atom. The number of hydrogen-bond acceptors (Lipinski definition) is 2. The van der Waals surface area contributed by atoms with Crippen LogP contribution in [0.3, 0.4) is 0 Å². The molecular formula is C12H15BBrIO2. The van der Waals surface area contributed by atoms with Crippen molar-refractivity contribution in [3.05, 3.63) is 26.2 Å². The van der Waals surface area contributed by atoms with Crippen LogP contribution in [0.1, 0.15) is 27.7 Å². The molecular weight excluding hydrogens is 394 g/mol. The van der Waals surface area contributed by atoms with Crippen LogP contribution in [0.5, 0.6) is 0 Å². The Morgan fingerprint density at radius 3 is 2.18 bits per heavy atom. The zero-order valence-electron chi connectivity index (χ0n) is 10.4. The van der Waals surface area contributed by atoms with E-state index < -0.39 is 0 Å². The Hall–Kier alpha value is 0.415. The van der Waals surface area contributed by atoms with Gasteiger partial charge in [0.15, 0.2) is 0 Å². The molecule has 0 saturated carbocycles. The minimum Gasteiger partial charge on any atom is -0.399 e. The molecule has 0 amide bonds. The highest BCUT2D eigenvalue weighted by molar-refractivity contribution is 14.1. The van der Waals surface area contributed by atoms with Gasteiger partial charge in [-0.2, -0.15) is 0 Å². The first-order valence-corrected chi connectivity index (χ1v) is 7.41. The number of halogens is 2. The van der Waals surface area contributed by atoms with Crippen molar-refractivity contribution in [2.75, 3.05) is 0 Å². The maximum Gasteiger partial charge on any atom is 0.496 e. The second kappa shape index (κ2) is 4.51. The van der Waals surface area contributed by atoms with Crippen molar-refractivity contribution in [1.29, 1.82) is 0 Å². The fourth-order valence-electron chi connectivity index (χ4n) is 1.67. The lowest BCUT2D eigenvalue weighted by molar-refractivity contribution is 0.00578. The van der Waals surface area contributed by atoms with E-state index >= 15 is 0 Å². The molecule has 0 aliphatic carbocycles. The third kappa shape index (κ3) is 2.57. The van der Waals surface area contributed by atoms with Crippen molar-refractivity contribution < 1.29 is 9.31 Å². The summed E-state index contributed by atoms with van der Waals surface area (Å²) in [5.41, 5.74) is 0.465. The molecule has 0 bridgehead atoms. The summed E-state index contributed by atoms with van der Waals surface area (Å²) in [6.07, 6.45) is 0. The van der Waals surface area contributed by atoms with E-state index in [0.717, 1.165) is 9.94 Å². The van der Waals surface area contributed by atoms with E-state index in [4.69, 9.17) is 9.31 Å². The molecule has 17 heavy (non-hydrogen) atoms. The Balaban J connectivity index is 2.35. The van der Waals surface area contributed by atoms with Crippen LogP contribution in [0.15, 0.2) is 22.7 Å². The van der Waals surface area contributed by atoms with Crippen molar-refractivity contribution in [3.63, 3.8) is 0 Å². The monoisotopic (exact) mass is 408 g/mol. The highest BCUT2D eigenvalue weighted by atomic mass is 127. The maximum absolute atomic E-state index is 6.03. The third-order valence-corrected chi connectivity index (χ3v) is 4.86. The first kappa shape index (κ1) is 13.8. The van der Waals surface area contributed by atoms with E-state index in [1.54, 1.807) is 0 Å². The minimum absolute atomic E-state index is 0.293. The first-order valence-electron chi connectivity index (χ1n) is 5.53. The lowest BCUT2D eigenvalue weighted by atomic mass is 9.79. The molecule has 92 valence electrons. The molecule has 0 radical (unpaired) electrons. The fraction of sp³-hybridized carbons (Fsp3) is 0.500. The van der Waals surface area contributed by atoms with Crippen molar-refractivity contribution >= 4 is 51.1 Å². The molecule has 1 aromatic rings. The van der Waals surface area contributed by atoms with E-state index in [1.807, 2.05) is 6.07 Å². The van der Waals surface area contributed by atoms with E-state index in [2.05, 4.69) is 78.3 Å². The summed E-state index contributed by atoms with van der Waals surface area (Å²) in [6.45, 7) is 8.26. The van der Waals surface area contributed by atoms with Gasteiger partial charge in [-0.1, -0.05) is 15.9 Å². The molecule has 2 nitrogen and oxygen atoms in total. The Morgan fingerprint density at radius 2 is 1.65 bits per heavy atom. The quantitative estimate of drug-likeness (QED) is 0.524. The van der Waals surface area contributed by atoms with E-state index in [-0.39, 0.29) is 18.3 Å². The molecule has 1 heterocycles. The van der Waals surface area contributed by atoms with Crippen LogP contribution in [0.25, 0.3) is 0 Å². The van der Waals surface area contributed by atoms with E-state index in [0.29, 0.717) is 0 Å². The normalized spacial score (nSPS) is 21.9. The summed E-state index contributed by atoms with van der Waals surface area (Å²) < 4.78 is 14.3. The van der Waals surface area contributed by atoms with Gasteiger partial charge in [-0.3, -0.25) is 0 Å². The lowest BCUT2D eigenvalue weighted by Gasteiger charge is -2.32. The summed E-state index contributed by atoms with van der Waals surface area (Å²) >= 11 is 5.85. The highest BCUT2D eigenvalue weighted by Crippen LogP contribution is 2.37. The molecule has 1 aliphatic rings. The van der Waals surface area contributed by atoms with Gasteiger partial charge in [0.25, 0.3) is 0 Å². The minimum atomic E-state index is -0.302. The average Bonchev–Trinajstić information content (AvgIpc) is 2.40. The molecule has 1 aliphatic heterocycles. The smallest absolute Gasteiger partial charge is 0.399 e. The molecule has 1 fully saturated rings. The summed E-state index contributed by atoms with van der Waals surface area (Å²) in [5, 5.41) is 0. The maximum atomic E-state index is 6.03. The van der Waals surface area contributed by atoms with Crippen LogP contribution in [-0.4, -0.2) is 18.3 Å². The molecule has 0 atom stereocenters. The topological polar surface area (TPSA) is 18.5 Å². The molecule has 2 rings (SSSR count). The van der Waals surface area contributed by atoms with Crippen LogP contribution in [0, 0.1) is 3.57 Å². The van der Waals surface area contributed by atoms with Crippen molar-refractivity contribution in [3.8, 4) is 0 Å². The van der Waals surface area contributed by atoms with Gasteiger partial charge < -0.3 is 9.31 Å². The third-order valence-electron chi connectivity index (χ3n) is 3.47. The number of rotatable bonds is 1. The van der Waals surface area contributed by atoms with Gasteiger partial charge in [0.1, 0.15) is 0 Å². The number of hydrogen-bond donors (Lipinski definition) is 0. The summed E-state index contributed by atoms with van der Waals surface area (Å²) in [7, 11) is -0.302. The second-order valence-corrected chi connectivity index (χ2v) is 7.35. The molecule has 0 spiro atoms. The van der Waals surface area contributed by atoms with Crippen LogP contribution >= 0.6 is 38.5 Å². The predicted molar refractivity (Wildman–Crippen MR) is 82.6 cm³/mol. The van der Waals surface area contributed by atoms with Crippen molar-refractivity contribution in [2.24, 2.45) is 0 Å². The van der Waals surface area contributed by atoms with Gasteiger partial charge in [-0.05, 0) is 73.9 Å². The molecule has 0 aromatic heterocycles. The van der Waals surface area contributed by atoms with Gasteiger partial charge in [0, 0.05) is 8.04 Å². The van der Waals surface area contributed by atoms with Crippen LogP contribution in [-0.2, 0) is 9.31 Å². The molecule has 0 unspecified atom stereocenters. The average molecular weight is 409 g/mol. The Kier molecular flexibility index (Phi) is 3.67. The number of benzene rings is 1. The Bertz CT molecular complexity index is 432. The zero-order chi connectivity index (χ0) is 12.8. The van der Waals surface area contributed by atoms with Gasteiger partial charge in [0.05, 0.1) is 11.2 Å². The van der Waals surface area contributed by atoms with E-state index in [9.17, 15) is 0 Å². The predicted octanol–water partition coefficient (Wildman–Crippen LogP) is 3.35. The van der Waals surface area contributed by atoms with Crippen molar-refractivity contribution in [2.45, 2.75) is 38.9 Å². The molecule has 0 N–H and O–H groups in total. The first-order chi connectivity index (χ1) is 7.73. The largest absolute Gasteiger partial charge is 0.496 e. The lowest BCUT2D eigenvalue weighted by Crippen LogP contribution is -2.41. The van der Waals surface area contributed by atoms with Gasteiger partial charge >= 0.3 is 7.12 Å². The van der Waals surface area contributed by atoms with Crippen molar-refractivity contribution in [1.82, 2.24) is 0 Å².